The molecule has 0 fully saturated rings. The second-order valence-corrected chi connectivity index (χ2v) is 6.86. The van der Waals surface area contributed by atoms with Crippen LogP contribution in [-0.4, -0.2) is 0 Å². The van der Waals surface area contributed by atoms with E-state index in [9.17, 15) is 0 Å². The fourth-order valence-electron chi connectivity index (χ4n) is 3.97. The fourth-order valence-corrected chi connectivity index (χ4v) is 3.97. The number of hydrogen-bond acceptors (Lipinski definition) is 0. The first kappa shape index (κ1) is 15.4. The van der Waals surface area contributed by atoms with Gasteiger partial charge in [0, 0.05) is 0 Å². The van der Waals surface area contributed by atoms with E-state index in [0.717, 1.165) is 0 Å². The van der Waals surface area contributed by atoms with Gasteiger partial charge >= 0.3 is 0 Å². The molecule has 0 N–H and O–H groups in total. The highest BCUT2D eigenvalue weighted by Gasteiger charge is 2.26. The van der Waals surface area contributed by atoms with Gasteiger partial charge in [0.05, 0.1) is 0 Å². The van der Waals surface area contributed by atoms with E-state index >= 15 is 0 Å². The Labute approximate surface area is 125 Å². The smallest absolute Gasteiger partial charge is 0.00124 e. The van der Waals surface area contributed by atoms with Crippen LogP contribution in [-0.2, 0) is 0 Å². The Morgan fingerprint density at radius 1 is 0.550 bits per heavy atom. The molecule has 2 aliphatic rings. The van der Waals surface area contributed by atoms with Gasteiger partial charge in [-0.3, -0.25) is 0 Å². The Bertz CT molecular complexity index is 509. The standard InChI is InChI=1S/C20H30/c1-11-12(2)16(6)19(15(11)5)9-10-20-17(7)13(3)14(4)18(20)8/h15,17H,9-10H2,1-8H3. The summed E-state index contributed by atoms with van der Waals surface area (Å²) in [4.78, 5) is 0. The third kappa shape index (κ3) is 2.24. The van der Waals surface area contributed by atoms with E-state index in [1.807, 2.05) is 0 Å². The first-order valence-corrected chi connectivity index (χ1v) is 8.02. The number of allylic oxidation sites excluding steroid dienone is 8. The van der Waals surface area contributed by atoms with Gasteiger partial charge in [-0.25, -0.2) is 0 Å². The molecule has 20 heavy (non-hydrogen) atoms. The maximum Gasteiger partial charge on any atom is -0.00124 e. The van der Waals surface area contributed by atoms with Crippen LogP contribution >= 0.6 is 0 Å². The van der Waals surface area contributed by atoms with Gasteiger partial charge in [-0.15, -0.1) is 0 Å². The monoisotopic (exact) mass is 270 g/mol. The summed E-state index contributed by atoms with van der Waals surface area (Å²) in [6.07, 6.45) is 2.47. The predicted molar refractivity (Wildman–Crippen MR) is 89.7 cm³/mol. The molecule has 0 saturated heterocycles. The molecule has 2 unspecified atom stereocenters. The topological polar surface area (TPSA) is 0 Å². The summed E-state index contributed by atoms with van der Waals surface area (Å²) >= 11 is 0. The van der Waals surface area contributed by atoms with E-state index in [-0.39, 0.29) is 0 Å². The van der Waals surface area contributed by atoms with E-state index in [1.54, 1.807) is 33.4 Å². The minimum absolute atomic E-state index is 0.655. The van der Waals surface area contributed by atoms with E-state index < -0.39 is 0 Å². The molecule has 0 aliphatic heterocycles. The zero-order valence-corrected chi connectivity index (χ0v) is 14.6. The normalized spacial score (nSPS) is 27.6. The second kappa shape index (κ2) is 5.39. The van der Waals surface area contributed by atoms with E-state index in [1.165, 1.54) is 24.0 Å². The highest BCUT2D eigenvalue weighted by atomic mass is 14.3. The quantitative estimate of drug-likeness (QED) is 0.559. The van der Waals surface area contributed by atoms with Gasteiger partial charge in [0.1, 0.15) is 0 Å². The van der Waals surface area contributed by atoms with Gasteiger partial charge < -0.3 is 0 Å². The molecule has 0 amide bonds. The second-order valence-electron chi connectivity index (χ2n) is 6.86. The summed E-state index contributed by atoms with van der Waals surface area (Å²) in [5, 5.41) is 0. The van der Waals surface area contributed by atoms with Crippen molar-refractivity contribution in [2.45, 2.75) is 68.2 Å². The van der Waals surface area contributed by atoms with Crippen LogP contribution in [0.3, 0.4) is 0 Å². The van der Waals surface area contributed by atoms with Crippen molar-refractivity contribution in [1.29, 1.82) is 0 Å². The maximum atomic E-state index is 2.37. The zero-order chi connectivity index (χ0) is 15.2. The Morgan fingerprint density at radius 3 is 1.05 bits per heavy atom. The van der Waals surface area contributed by atoms with Crippen molar-refractivity contribution < 1.29 is 0 Å². The Balaban J connectivity index is 2.13. The molecule has 0 aromatic rings. The van der Waals surface area contributed by atoms with Crippen LogP contribution in [0, 0.1) is 11.8 Å². The molecular formula is C20H30. The lowest BCUT2D eigenvalue weighted by Crippen LogP contribution is -2.02. The van der Waals surface area contributed by atoms with Crippen LogP contribution in [0.25, 0.3) is 0 Å². The van der Waals surface area contributed by atoms with Crippen molar-refractivity contribution in [3.05, 3.63) is 44.6 Å². The molecule has 0 bridgehead atoms. The van der Waals surface area contributed by atoms with E-state index in [0.29, 0.717) is 11.8 Å². The average molecular weight is 270 g/mol. The van der Waals surface area contributed by atoms with E-state index in [2.05, 4.69) is 55.4 Å². The van der Waals surface area contributed by atoms with Crippen molar-refractivity contribution in [3.63, 3.8) is 0 Å². The zero-order valence-electron chi connectivity index (χ0n) is 14.6. The van der Waals surface area contributed by atoms with Crippen molar-refractivity contribution >= 4 is 0 Å². The maximum absolute atomic E-state index is 2.37. The lowest BCUT2D eigenvalue weighted by molar-refractivity contribution is 0.697. The largest absolute Gasteiger partial charge is 0.0632 e. The molecule has 2 atom stereocenters. The molecule has 0 radical (unpaired) electrons. The van der Waals surface area contributed by atoms with Gasteiger partial charge in [-0.1, -0.05) is 36.1 Å². The van der Waals surface area contributed by atoms with Crippen LogP contribution in [0.5, 0.6) is 0 Å². The van der Waals surface area contributed by atoms with Crippen LogP contribution in [0.1, 0.15) is 68.2 Å². The summed E-state index contributed by atoms with van der Waals surface area (Å²) in [7, 11) is 0. The number of hydrogen-bond donors (Lipinski definition) is 0. The van der Waals surface area contributed by atoms with Gasteiger partial charge in [0.15, 0.2) is 0 Å². The van der Waals surface area contributed by atoms with Crippen LogP contribution < -0.4 is 0 Å². The molecular weight excluding hydrogens is 240 g/mol. The van der Waals surface area contributed by atoms with Gasteiger partial charge in [-0.2, -0.15) is 0 Å². The van der Waals surface area contributed by atoms with Crippen LogP contribution in [0.15, 0.2) is 44.6 Å². The van der Waals surface area contributed by atoms with Crippen LogP contribution in [0.2, 0.25) is 0 Å². The lowest BCUT2D eigenvalue weighted by Gasteiger charge is -2.17. The summed E-state index contributed by atoms with van der Waals surface area (Å²) in [5.74, 6) is 1.31. The van der Waals surface area contributed by atoms with E-state index in [4.69, 9.17) is 0 Å². The van der Waals surface area contributed by atoms with Crippen molar-refractivity contribution in [2.75, 3.05) is 0 Å². The molecule has 0 nitrogen and oxygen atoms in total. The molecule has 2 aliphatic carbocycles. The lowest BCUT2D eigenvalue weighted by atomic mass is 9.88. The Morgan fingerprint density at radius 2 is 0.850 bits per heavy atom. The average Bonchev–Trinajstić information content (AvgIpc) is 2.72. The first-order chi connectivity index (χ1) is 9.27. The van der Waals surface area contributed by atoms with Gasteiger partial charge in [-0.05, 0) is 88.5 Å². The van der Waals surface area contributed by atoms with Crippen LogP contribution in [0.4, 0.5) is 0 Å². The molecule has 0 aromatic heterocycles. The number of rotatable bonds is 3. The highest BCUT2D eigenvalue weighted by Crippen LogP contribution is 2.43. The Hall–Kier alpha value is -1.04. The minimum atomic E-state index is 0.655. The molecule has 2 rings (SSSR count). The molecule has 0 saturated carbocycles. The van der Waals surface area contributed by atoms with Crippen molar-refractivity contribution in [3.8, 4) is 0 Å². The summed E-state index contributed by atoms with van der Waals surface area (Å²) in [6.45, 7) is 18.5. The highest BCUT2D eigenvalue weighted by molar-refractivity contribution is 5.49. The molecule has 0 heteroatoms. The SMILES string of the molecule is CC1=C(C)C(C)C(CCC2=C(C)C(C)=C(C)C2C)=C1C. The fraction of sp³-hybridized carbons (Fsp3) is 0.600. The van der Waals surface area contributed by atoms with Crippen molar-refractivity contribution in [2.24, 2.45) is 11.8 Å². The third-order valence-electron chi connectivity index (χ3n) is 6.28. The third-order valence-corrected chi connectivity index (χ3v) is 6.28. The molecule has 0 spiro atoms. The summed E-state index contributed by atoms with van der Waals surface area (Å²) in [6, 6.07) is 0. The van der Waals surface area contributed by atoms with Crippen molar-refractivity contribution in [1.82, 2.24) is 0 Å². The molecule has 0 heterocycles. The van der Waals surface area contributed by atoms with Gasteiger partial charge in [0.2, 0.25) is 0 Å². The summed E-state index contributed by atoms with van der Waals surface area (Å²) in [5.41, 5.74) is 12.7. The minimum Gasteiger partial charge on any atom is -0.0632 e. The predicted octanol–water partition coefficient (Wildman–Crippen LogP) is 6.37. The first-order valence-electron chi connectivity index (χ1n) is 8.02. The summed E-state index contributed by atoms with van der Waals surface area (Å²) < 4.78 is 0. The molecule has 110 valence electrons. The van der Waals surface area contributed by atoms with Gasteiger partial charge in [0.25, 0.3) is 0 Å². The molecule has 0 aromatic carbocycles. The Kier molecular flexibility index (Phi) is 4.14.